The minimum Gasteiger partial charge on any atom is -0.244 e. The Balaban J connectivity index is 2.32. The van der Waals surface area contributed by atoms with Crippen LogP contribution in [0.15, 0.2) is 30.5 Å². The maximum absolute atomic E-state index is 5.90. The summed E-state index contributed by atoms with van der Waals surface area (Å²) in [6, 6.07) is 8.37. The van der Waals surface area contributed by atoms with Gasteiger partial charge in [-0.15, -0.1) is 0 Å². The SMILES string of the molecule is Clc1cc2c(C3CC3)cccc2cn1. The van der Waals surface area contributed by atoms with Crippen molar-refractivity contribution >= 4 is 22.4 Å². The van der Waals surface area contributed by atoms with Crippen LogP contribution in [0.2, 0.25) is 5.15 Å². The predicted molar refractivity (Wildman–Crippen MR) is 58.7 cm³/mol. The summed E-state index contributed by atoms with van der Waals surface area (Å²) in [7, 11) is 0. The molecule has 0 radical (unpaired) electrons. The number of nitrogens with zero attached hydrogens (tertiary/aromatic N) is 1. The normalized spacial score (nSPS) is 16.1. The van der Waals surface area contributed by atoms with Crippen LogP contribution in [0.1, 0.15) is 24.3 Å². The van der Waals surface area contributed by atoms with E-state index < -0.39 is 0 Å². The number of hydrogen-bond acceptors (Lipinski definition) is 1. The molecule has 0 N–H and O–H groups in total. The van der Waals surface area contributed by atoms with Gasteiger partial charge in [0.25, 0.3) is 0 Å². The van der Waals surface area contributed by atoms with E-state index in [-0.39, 0.29) is 0 Å². The van der Waals surface area contributed by atoms with Crippen LogP contribution in [0, 0.1) is 0 Å². The molecule has 1 fully saturated rings. The van der Waals surface area contributed by atoms with Crippen molar-refractivity contribution in [2.24, 2.45) is 0 Å². The molecule has 2 heteroatoms. The molecule has 0 amide bonds. The molecule has 1 aliphatic carbocycles. The number of hydrogen-bond donors (Lipinski definition) is 0. The molecule has 1 saturated carbocycles. The third-order valence-electron chi connectivity index (χ3n) is 2.78. The lowest BCUT2D eigenvalue weighted by Crippen LogP contribution is -1.84. The molecule has 14 heavy (non-hydrogen) atoms. The van der Waals surface area contributed by atoms with E-state index in [4.69, 9.17) is 11.6 Å². The van der Waals surface area contributed by atoms with Crippen LogP contribution in [-0.2, 0) is 0 Å². The first-order chi connectivity index (χ1) is 6.84. The fourth-order valence-electron chi connectivity index (χ4n) is 1.92. The molecule has 70 valence electrons. The quantitative estimate of drug-likeness (QED) is 0.643. The number of rotatable bonds is 1. The Labute approximate surface area is 87.7 Å². The molecule has 1 aromatic carbocycles. The molecule has 0 atom stereocenters. The van der Waals surface area contributed by atoms with Crippen LogP contribution >= 0.6 is 11.6 Å². The van der Waals surface area contributed by atoms with Gasteiger partial charge in [0.1, 0.15) is 5.15 Å². The Kier molecular flexibility index (Phi) is 1.74. The van der Waals surface area contributed by atoms with Crippen LogP contribution < -0.4 is 0 Å². The highest BCUT2D eigenvalue weighted by molar-refractivity contribution is 6.30. The van der Waals surface area contributed by atoms with Gasteiger partial charge in [-0.25, -0.2) is 4.98 Å². The molecule has 0 saturated heterocycles. The maximum atomic E-state index is 5.90. The zero-order chi connectivity index (χ0) is 9.54. The molecule has 1 aliphatic rings. The van der Waals surface area contributed by atoms with E-state index in [9.17, 15) is 0 Å². The van der Waals surface area contributed by atoms with Crippen molar-refractivity contribution in [3.8, 4) is 0 Å². The number of pyridine rings is 1. The van der Waals surface area contributed by atoms with Gasteiger partial charge in [-0.1, -0.05) is 29.8 Å². The Hall–Kier alpha value is -1.08. The Morgan fingerprint density at radius 1 is 1.29 bits per heavy atom. The van der Waals surface area contributed by atoms with E-state index in [1.807, 2.05) is 12.3 Å². The van der Waals surface area contributed by atoms with Crippen LogP contribution in [-0.4, -0.2) is 4.98 Å². The number of fused-ring (bicyclic) bond motifs is 1. The lowest BCUT2D eigenvalue weighted by Gasteiger charge is -2.04. The van der Waals surface area contributed by atoms with Gasteiger partial charge in [0.2, 0.25) is 0 Å². The molecular weight excluding hydrogens is 194 g/mol. The van der Waals surface area contributed by atoms with Crippen molar-refractivity contribution in [2.75, 3.05) is 0 Å². The van der Waals surface area contributed by atoms with Gasteiger partial charge in [-0.05, 0) is 35.8 Å². The third-order valence-corrected chi connectivity index (χ3v) is 2.99. The van der Waals surface area contributed by atoms with Crippen molar-refractivity contribution in [2.45, 2.75) is 18.8 Å². The zero-order valence-corrected chi connectivity index (χ0v) is 8.46. The molecule has 0 aliphatic heterocycles. The highest BCUT2D eigenvalue weighted by Gasteiger charge is 2.24. The number of benzene rings is 1. The summed E-state index contributed by atoms with van der Waals surface area (Å²) in [6.07, 6.45) is 4.49. The summed E-state index contributed by atoms with van der Waals surface area (Å²) in [4.78, 5) is 4.09. The van der Waals surface area contributed by atoms with Gasteiger partial charge < -0.3 is 0 Å². The van der Waals surface area contributed by atoms with Gasteiger partial charge in [-0.2, -0.15) is 0 Å². The highest BCUT2D eigenvalue weighted by Crippen LogP contribution is 2.43. The Bertz CT molecular complexity index is 489. The van der Waals surface area contributed by atoms with Crippen molar-refractivity contribution in [1.29, 1.82) is 0 Å². The molecule has 1 aromatic heterocycles. The molecule has 1 heterocycles. The van der Waals surface area contributed by atoms with E-state index in [0.29, 0.717) is 5.15 Å². The molecule has 3 rings (SSSR count). The maximum Gasteiger partial charge on any atom is 0.129 e. The smallest absolute Gasteiger partial charge is 0.129 e. The molecule has 0 spiro atoms. The number of aromatic nitrogens is 1. The van der Waals surface area contributed by atoms with Crippen molar-refractivity contribution in [3.05, 3.63) is 41.2 Å². The standard InChI is InChI=1S/C12H10ClN/c13-12-6-11-9(7-14-12)2-1-3-10(11)8-4-5-8/h1-3,6-8H,4-5H2. The highest BCUT2D eigenvalue weighted by atomic mass is 35.5. The first-order valence-electron chi connectivity index (χ1n) is 4.89. The summed E-state index contributed by atoms with van der Waals surface area (Å²) in [6.45, 7) is 0. The van der Waals surface area contributed by atoms with E-state index in [1.165, 1.54) is 29.2 Å². The molecule has 1 nitrogen and oxygen atoms in total. The second kappa shape index (κ2) is 2.96. The van der Waals surface area contributed by atoms with Crippen LogP contribution in [0.5, 0.6) is 0 Å². The predicted octanol–water partition coefficient (Wildman–Crippen LogP) is 3.77. The van der Waals surface area contributed by atoms with Crippen molar-refractivity contribution in [3.63, 3.8) is 0 Å². The zero-order valence-electron chi connectivity index (χ0n) is 7.70. The Morgan fingerprint density at radius 2 is 2.14 bits per heavy atom. The largest absolute Gasteiger partial charge is 0.244 e. The second-order valence-corrected chi connectivity index (χ2v) is 4.24. The summed E-state index contributed by atoms with van der Waals surface area (Å²) < 4.78 is 0. The van der Waals surface area contributed by atoms with Gasteiger partial charge in [0, 0.05) is 11.6 Å². The minimum atomic E-state index is 0.589. The second-order valence-electron chi connectivity index (χ2n) is 3.85. The molecular formula is C12H10ClN. The number of halogens is 1. The van der Waals surface area contributed by atoms with Crippen LogP contribution in [0.25, 0.3) is 10.8 Å². The van der Waals surface area contributed by atoms with E-state index >= 15 is 0 Å². The van der Waals surface area contributed by atoms with Crippen LogP contribution in [0.4, 0.5) is 0 Å². The van der Waals surface area contributed by atoms with Crippen molar-refractivity contribution < 1.29 is 0 Å². The summed E-state index contributed by atoms with van der Waals surface area (Å²) in [5, 5.41) is 3.06. The monoisotopic (exact) mass is 203 g/mol. The summed E-state index contributed by atoms with van der Waals surface area (Å²) >= 11 is 5.90. The van der Waals surface area contributed by atoms with Gasteiger partial charge in [-0.3, -0.25) is 0 Å². The minimum absolute atomic E-state index is 0.589. The first kappa shape index (κ1) is 8.25. The van der Waals surface area contributed by atoms with Gasteiger partial charge in [0.15, 0.2) is 0 Å². The summed E-state index contributed by atoms with van der Waals surface area (Å²) in [5.41, 5.74) is 1.44. The first-order valence-corrected chi connectivity index (χ1v) is 5.26. The Morgan fingerprint density at radius 3 is 2.93 bits per heavy atom. The third kappa shape index (κ3) is 1.28. The average Bonchev–Trinajstić information content (AvgIpc) is 3.00. The fraction of sp³-hybridized carbons (Fsp3) is 0.250. The van der Waals surface area contributed by atoms with Crippen LogP contribution in [0.3, 0.4) is 0 Å². The lowest BCUT2D eigenvalue weighted by molar-refractivity contribution is 1.15. The molecule has 2 aromatic rings. The van der Waals surface area contributed by atoms with Crippen molar-refractivity contribution in [1.82, 2.24) is 4.98 Å². The van der Waals surface area contributed by atoms with E-state index in [2.05, 4.69) is 23.2 Å². The van der Waals surface area contributed by atoms with E-state index in [1.54, 1.807) is 0 Å². The molecule has 0 bridgehead atoms. The average molecular weight is 204 g/mol. The van der Waals surface area contributed by atoms with Gasteiger partial charge >= 0.3 is 0 Å². The van der Waals surface area contributed by atoms with Gasteiger partial charge in [0.05, 0.1) is 0 Å². The topological polar surface area (TPSA) is 12.9 Å². The lowest BCUT2D eigenvalue weighted by atomic mass is 10.0. The van der Waals surface area contributed by atoms with E-state index in [0.717, 1.165) is 5.92 Å². The fourth-order valence-corrected chi connectivity index (χ4v) is 2.08. The molecule has 0 unspecified atom stereocenters. The summed E-state index contributed by atoms with van der Waals surface area (Å²) in [5.74, 6) is 0.761.